The van der Waals surface area contributed by atoms with Crippen LogP contribution in [0, 0.1) is 0 Å². The van der Waals surface area contributed by atoms with E-state index in [-0.39, 0.29) is 0 Å². The minimum atomic E-state index is 0.726. The number of nitrogens with one attached hydrogen (secondary N) is 3. The maximum absolute atomic E-state index is 5.60. The molecule has 0 aliphatic carbocycles. The molecule has 0 atom stereocenters. The number of hydrogen-bond acceptors (Lipinski definition) is 5. The van der Waals surface area contributed by atoms with Crippen molar-refractivity contribution >= 4 is 11.5 Å². The maximum Gasteiger partial charge on any atom is 0.170 e. The van der Waals surface area contributed by atoms with E-state index < -0.39 is 0 Å². The van der Waals surface area contributed by atoms with Gasteiger partial charge in [0.15, 0.2) is 5.84 Å². The van der Waals surface area contributed by atoms with Crippen LogP contribution in [0.1, 0.15) is 5.56 Å². The summed E-state index contributed by atoms with van der Waals surface area (Å²) in [6.07, 6.45) is 0. The Morgan fingerprint density at radius 1 is 1.33 bits per heavy atom. The first-order valence-corrected chi connectivity index (χ1v) is 3.56. The Balaban J connectivity index is 2.33. The van der Waals surface area contributed by atoms with Crippen molar-refractivity contribution in [2.45, 2.75) is 0 Å². The molecule has 0 fully saturated rings. The second kappa shape index (κ2) is 2.71. The van der Waals surface area contributed by atoms with E-state index in [4.69, 9.17) is 5.73 Å². The number of hydrogen-bond donors (Lipinski definition) is 4. The van der Waals surface area contributed by atoms with Crippen LogP contribution in [0.15, 0.2) is 29.4 Å². The fourth-order valence-electron chi connectivity index (χ4n) is 1.02. The topological polar surface area (TPSA) is 74.5 Å². The van der Waals surface area contributed by atoms with Gasteiger partial charge in [-0.3, -0.25) is 5.43 Å². The number of amidine groups is 1. The molecule has 1 aliphatic rings. The smallest absolute Gasteiger partial charge is 0.170 e. The standard InChI is InChI=1S/C7H9N5/c8-6-3-1-2-5(4-6)7-9-11-12-10-7/h1-4,11-12H,8H2,(H,9,10). The third-order valence-electron chi connectivity index (χ3n) is 1.56. The molecule has 1 heterocycles. The second-order valence-electron chi connectivity index (χ2n) is 2.45. The van der Waals surface area contributed by atoms with E-state index in [0.29, 0.717) is 0 Å². The van der Waals surface area contributed by atoms with E-state index in [1.165, 1.54) is 0 Å². The molecule has 5 N–H and O–H groups in total. The van der Waals surface area contributed by atoms with Crippen LogP contribution in [-0.4, -0.2) is 5.84 Å². The number of hydrazine groups is 2. The van der Waals surface area contributed by atoms with Crippen molar-refractivity contribution in [2.24, 2.45) is 5.10 Å². The van der Waals surface area contributed by atoms with Gasteiger partial charge in [0, 0.05) is 11.3 Å². The van der Waals surface area contributed by atoms with Gasteiger partial charge in [-0.05, 0) is 12.1 Å². The van der Waals surface area contributed by atoms with E-state index in [9.17, 15) is 0 Å². The average Bonchev–Trinajstić information content (AvgIpc) is 2.56. The van der Waals surface area contributed by atoms with E-state index in [2.05, 4.69) is 21.6 Å². The summed E-state index contributed by atoms with van der Waals surface area (Å²) in [7, 11) is 0. The van der Waals surface area contributed by atoms with Crippen molar-refractivity contribution in [3.63, 3.8) is 0 Å². The van der Waals surface area contributed by atoms with Crippen LogP contribution in [0.2, 0.25) is 0 Å². The molecule has 0 bridgehead atoms. The highest BCUT2D eigenvalue weighted by atomic mass is 15.8. The molecule has 2 rings (SSSR count). The van der Waals surface area contributed by atoms with Gasteiger partial charge in [0.1, 0.15) is 0 Å². The maximum atomic E-state index is 5.60. The minimum Gasteiger partial charge on any atom is -0.399 e. The summed E-state index contributed by atoms with van der Waals surface area (Å²) in [4.78, 5) is 0. The first-order chi connectivity index (χ1) is 5.86. The van der Waals surface area contributed by atoms with Gasteiger partial charge in [0.25, 0.3) is 0 Å². The van der Waals surface area contributed by atoms with Crippen LogP contribution in [0.25, 0.3) is 0 Å². The molecule has 0 saturated carbocycles. The lowest BCUT2D eigenvalue weighted by Crippen LogP contribution is -2.35. The van der Waals surface area contributed by atoms with Gasteiger partial charge in [0.05, 0.1) is 0 Å². The highest BCUT2D eigenvalue weighted by Crippen LogP contribution is 2.06. The molecule has 1 aromatic rings. The lowest BCUT2D eigenvalue weighted by molar-refractivity contribution is 0.577. The zero-order valence-corrected chi connectivity index (χ0v) is 6.33. The van der Waals surface area contributed by atoms with Crippen molar-refractivity contribution in [3.8, 4) is 0 Å². The quantitative estimate of drug-likeness (QED) is 0.423. The fourth-order valence-corrected chi connectivity index (χ4v) is 1.02. The number of hydrazone groups is 1. The van der Waals surface area contributed by atoms with Crippen molar-refractivity contribution in [1.82, 2.24) is 16.5 Å². The summed E-state index contributed by atoms with van der Waals surface area (Å²) in [5.74, 6) is 0.738. The number of rotatable bonds is 1. The zero-order valence-electron chi connectivity index (χ0n) is 6.33. The number of nitrogens with two attached hydrogens (primary N) is 1. The average molecular weight is 163 g/mol. The molecular weight excluding hydrogens is 154 g/mol. The lowest BCUT2D eigenvalue weighted by Gasteiger charge is -2.00. The predicted molar refractivity (Wildman–Crippen MR) is 46.8 cm³/mol. The Morgan fingerprint density at radius 3 is 2.92 bits per heavy atom. The highest BCUT2D eigenvalue weighted by Gasteiger charge is 2.06. The Morgan fingerprint density at radius 2 is 2.25 bits per heavy atom. The summed E-state index contributed by atoms with van der Waals surface area (Å²) >= 11 is 0. The zero-order chi connectivity index (χ0) is 8.39. The summed E-state index contributed by atoms with van der Waals surface area (Å²) < 4.78 is 0. The molecule has 1 aliphatic heterocycles. The van der Waals surface area contributed by atoms with Crippen LogP contribution < -0.4 is 22.2 Å². The van der Waals surface area contributed by atoms with Crippen LogP contribution >= 0.6 is 0 Å². The Bertz CT molecular complexity index is 319. The van der Waals surface area contributed by atoms with E-state index in [1.54, 1.807) is 0 Å². The van der Waals surface area contributed by atoms with Gasteiger partial charge >= 0.3 is 0 Å². The monoisotopic (exact) mass is 163 g/mol. The largest absolute Gasteiger partial charge is 0.399 e. The summed E-state index contributed by atoms with van der Waals surface area (Å²) in [6, 6.07) is 7.49. The SMILES string of the molecule is Nc1cccc(C2=NNNN2)c1. The van der Waals surface area contributed by atoms with Crippen molar-refractivity contribution in [3.05, 3.63) is 29.8 Å². The molecule has 0 amide bonds. The van der Waals surface area contributed by atoms with Gasteiger partial charge in [0.2, 0.25) is 0 Å². The highest BCUT2D eigenvalue weighted by molar-refractivity contribution is 5.99. The molecule has 62 valence electrons. The lowest BCUT2D eigenvalue weighted by atomic mass is 10.2. The first-order valence-electron chi connectivity index (χ1n) is 3.56. The number of nitrogen functional groups attached to an aromatic ring is 1. The van der Waals surface area contributed by atoms with Crippen LogP contribution in [-0.2, 0) is 0 Å². The van der Waals surface area contributed by atoms with Gasteiger partial charge in [-0.2, -0.15) is 0 Å². The molecule has 0 saturated heterocycles. The predicted octanol–water partition coefficient (Wildman–Crippen LogP) is -0.457. The third kappa shape index (κ3) is 1.17. The first kappa shape index (κ1) is 6.93. The molecule has 5 heteroatoms. The molecule has 0 aromatic heterocycles. The summed E-state index contributed by atoms with van der Waals surface area (Å²) in [5.41, 5.74) is 15.3. The molecule has 0 unspecified atom stereocenters. The van der Waals surface area contributed by atoms with Crippen molar-refractivity contribution < 1.29 is 0 Å². The van der Waals surface area contributed by atoms with Gasteiger partial charge in [-0.1, -0.05) is 12.1 Å². The fraction of sp³-hybridized carbons (Fsp3) is 0. The molecule has 0 spiro atoms. The number of nitrogens with zero attached hydrogens (tertiary/aromatic N) is 1. The molecule has 5 nitrogen and oxygen atoms in total. The van der Waals surface area contributed by atoms with Gasteiger partial charge < -0.3 is 5.73 Å². The van der Waals surface area contributed by atoms with Crippen molar-refractivity contribution in [2.75, 3.05) is 5.73 Å². The molecule has 1 aromatic carbocycles. The normalized spacial score (nSPS) is 14.8. The number of benzene rings is 1. The summed E-state index contributed by atoms with van der Waals surface area (Å²) in [6.45, 7) is 0. The number of anilines is 1. The minimum absolute atomic E-state index is 0.726. The van der Waals surface area contributed by atoms with Crippen LogP contribution in [0.4, 0.5) is 5.69 Å². The molecular formula is C7H9N5. The third-order valence-corrected chi connectivity index (χ3v) is 1.56. The molecule has 12 heavy (non-hydrogen) atoms. The summed E-state index contributed by atoms with van der Waals surface area (Å²) in [5, 5.41) is 3.94. The van der Waals surface area contributed by atoms with E-state index >= 15 is 0 Å². The second-order valence-corrected chi connectivity index (χ2v) is 2.45. The van der Waals surface area contributed by atoms with E-state index in [0.717, 1.165) is 17.1 Å². The Hall–Kier alpha value is -1.75. The Kier molecular flexibility index (Phi) is 1.56. The van der Waals surface area contributed by atoms with Crippen LogP contribution in [0.3, 0.4) is 0 Å². The van der Waals surface area contributed by atoms with E-state index in [1.807, 2.05) is 24.3 Å². The van der Waals surface area contributed by atoms with Gasteiger partial charge in [-0.15, -0.1) is 10.6 Å². The van der Waals surface area contributed by atoms with Crippen LogP contribution in [0.5, 0.6) is 0 Å². The molecule has 0 radical (unpaired) electrons. The van der Waals surface area contributed by atoms with Gasteiger partial charge in [-0.25, -0.2) is 5.53 Å². The Labute approximate surface area is 69.6 Å². The van der Waals surface area contributed by atoms with Crippen molar-refractivity contribution in [1.29, 1.82) is 0 Å².